The van der Waals surface area contributed by atoms with Crippen LogP contribution in [0.2, 0.25) is 0 Å². The van der Waals surface area contributed by atoms with Gasteiger partial charge in [0.2, 0.25) is 0 Å². The lowest BCUT2D eigenvalue weighted by molar-refractivity contribution is 0.0937. The molecule has 0 bridgehead atoms. The number of aliphatic hydroxyl groups is 1. The molecule has 1 aromatic heterocycles. The molecule has 21 heavy (non-hydrogen) atoms. The molecule has 0 unspecified atom stereocenters. The summed E-state index contributed by atoms with van der Waals surface area (Å²) in [6, 6.07) is 9.85. The monoisotopic (exact) mass is 285 g/mol. The minimum atomic E-state index is 0.0258. The molecular formula is C16H19N3O2. The number of aromatic nitrogens is 1. The van der Waals surface area contributed by atoms with Gasteiger partial charge in [-0.3, -0.25) is 9.69 Å². The van der Waals surface area contributed by atoms with E-state index >= 15 is 0 Å². The second-order valence-electron chi connectivity index (χ2n) is 5.05. The first kappa shape index (κ1) is 15.2. The van der Waals surface area contributed by atoms with Gasteiger partial charge in [0, 0.05) is 35.8 Å². The van der Waals surface area contributed by atoms with E-state index in [1.54, 1.807) is 4.90 Å². The van der Waals surface area contributed by atoms with Crippen molar-refractivity contribution in [1.29, 1.82) is 5.26 Å². The predicted octanol–water partition coefficient (Wildman–Crippen LogP) is 1.66. The van der Waals surface area contributed by atoms with Crippen LogP contribution in [0.1, 0.15) is 16.8 Å². The van der Waals surface area contributed by atoms with Crippen molar-refractivity contribution >= 4 is 16.7 Å². The molecule has 1 N–H and O–H groups in total. The quantitative estimate of drug-likeness (QED) is 0.786. The maximum atomic E-state index is 12.4. The molecular weight excluding hydrogens is 266 g/mol. The van der Waals surface area contributed by atoms with Crippen LogP contribution in [0.5, 0.6) is 0 Å². The van der Waals surface area contributed by atoms with E-state index in [-0.39, 0.29) is 18.9 Å². The summed E-state index contributed by atoms with van der Waals surface area (Å²) in [5.74, 6) is 0.0258. The van der Waals surface area contributed by atoms with Crippen LogP contribution in [0.25, 0.3) is 10.9 Å². The van der Waals surface area contributed by atoms with Crippen LogP contribution in [0, 0.1) is 11.3 Å². The van der Waals surface area contributed by atoms with E-state index in [0.29, 0.717) is 25.1 Å². The predicted molar refractivity (Wildman–Crippen MR) is 81.1 cm³/mol. The minimum absolute atomic E-state index is 0.0258. The fourth-order valence-electron chi connectivity index (χ4n) is 2.40. The molecule has 0 saturated heterocycles. The van der Waals surface area contributed by atoms with Gasteiger partial charge in [-0.15, -0.1) is 0 Å². The molecule has 0 radical (unpaired) electrons. The molecule has 0 saturated carbocycles. The summed E-state index contributed by atoms with van der Waals surface area (Å²) in [4.78, 5) is 14.2. The van der Waals surface area contributed by atoms with Crippen molar-refractivity contribution in [3.8, 4) is 6.07 Å². The van der Waals surface area contributed by atoms with Crippen molar-refractivity contribution in [3.05, 3.63) is 36.0 Å². The van der Waals surface area contributed by atoms with Crippen molar-refractivity contribution in [1.82, 2.24) is 9.47 Å². The van der Waals surface area contributed by atoms with Crippen LogP contribution in [-0.2, 0) is 6.54 Å². The number of hydrogen-bond donors (Lipinski definition) is 1. The fourth-order valence-corrected chi connectivity index (χ4v) is 2.40. The largest absolute Gasteiger partial charge is 0.395 e. The van der Waals surface area contributed by atoms with Crippen molar-refractivity contribution in [2.45, 2.75) is 13.0 Å². The van der Waals surface area contributed by atoms with E-state index in [2.05, 4.69) is 6.07 Å². The number of rotatable bonds is 7. The maximum Gasteiger partial charge on any atom is 0.178 e. The number of para-hydroxylation sites is 1. The third kappa shape index (κ3) is 3.48. The SMILES string of the molecule is CN(CCO)CC(=O)c1cn(CCC#N)c2ccccc12. The zero-order valence-corrected chi connectivity index (χ0v) is 12.1. The van der Waals surface area contributed by atoms with Crippen LogP contribution in [0.15, 0.2) is 30.5 Å². The Kier molecular flexibility index (Phi) is 5.09. The number of likely N-dealkylation sites (N-methyl/N-ethyl adjacent to an activating group) is 1. The summed E-state index contributed by atoms with van der Waals surface area (Å²) in [6.07, 6.45) is 2.24. The molecule has 0 aliphatic heterocycles. The van der Waals surface area contributed by atoms with Crippen molar-refractivity contribution < 1.29 is 9.90 Å². The standard InChI is InChI=1S/C16H19N3O2/c1-18(9-10-20)12-16(21)14-11-19(8-4-7-17)15-6-3-2-5-13(14)15/h2-3,5-6,11,20H,4,8-10,12H2,1H3. The van der Waals surface area contributed by atoms with Gasteiger partial charge in [0.25, 0.3) is 0 Å². The zero-order valence-electron chi connectivity index (χ0n) is 12.1. The Labute approximate surface area is 124 Å². The van der Waals surface area contributed by atoms with Crippen molar-refractivity contribution in [3.63, 3.8) is 0 Å². The van der Waals surface area contributed by atoms with E-state index in [1.807, 2.05) is 42.1 Å². The van der Waals surface area contributed by atoms with Gasteiger partial charge in [0.05, 0.1) is 25.6 Å². The van der Waals surface area contributed by atoms with E-state index in [1.165, 1.54) is 0 Å². The number of benzene rings is 1. The van der Waals surface area contributed by atoms with Crippen LogP contribution in [0.4, 0.5) is 0 Å². The zero-order chi connectivity index (χ0) is 15.2. The van der Waals surface area contributed by atoms with Gasteiger partial charge in [-0.25, -0.2) is 0 Å². The van der Waals surface area contributed by atoms with E-state index in [4.69, 9.17) is 10.4 Å². The molecule has 2 aromatic rings. The van der Waals surface area contributed by atoms with E-state index < -0.39 is 0 Å². The number of aliphatic hydroxyl groups excluding tert-OH is 1. The molecule has 0 aliphatic carbocycles. The van der Waals surface area contributed by atoms with Gasteiger partial charge in [0.15, 0.2) is 5.78 Å². The Morgan fingerprint density at radius 2 is 2.19 bits per heavy atom. The van der Waals surface area contributed by atoms with Crippen LogP contribution in [0.3, 0.4) is 0 Å². The molecule has 0 fully saturated rings. The molecule has 110 valence electrons. The number of Topliss-reactive ketones (excluding diaryl/α,β-unsaturated/α-hetero) is 1. The number of nitriles is 1. The molecule has 0 aliphatic rings. The molecule has 1 aromatic carbocycles. The average Bonchev–Trinajstić information content (AvgIpc) is 2.84. The highest BCUT2D eigenvalue weighted by molar-refractivity contribution is 6.09. The van der Waals surface area contributed by atoms with Crippen molar-refractivity contribution in [2.75, 3.05) is 26.7 Å². The smallest absolute Gasteiger partial charge is 0.178 e. The van der Waals surface area contributed by atoms with Crippen LogP contribution >= 0.6 is 0 Å². The average molecular weight is 285 g/mol. The highest BCUT2D eigenvalue weighted by atomic mass is 16.3. The van der Waals surface area contributed by atoms with Gasteiger partial charge in [0.1, 0.15) is 0 Å². The minimum Gasteiger partial charge on any atom is -0.395 e. The topological polar surface area (TPSA) is 69.3 Å². The summed E-state index contributed by atoms with van der Waals surface area (Å²) in [5.41, 5.74) is 1.65. The Bertz CT molecular complexity index is 670. The molecule has 1 heterocycles. The number of aryl methyl sites for hydroxylation is 1. The highest BCUT2D eigenvalue weighted by Gasteiger charge is 2.16. The van der Waals surface area contributed by atoms with Gasteiger partial charge >= 0.3 is 0 Å². The summed E-state index contributed by atoms with van der Waals surface area (Å²) in [7, 11) is 1.81. The maximum absolute atomic E-state index is 12.4. The number of fused-ring (bicyclic) bond motifs is 1. The number of ketones is 1. The molecule has 0 spiro atoms. The first-order valence-corrected chi connectivity index (χ1v) is 6.94. The van der Waals surface area contributed by atoms with Gasteiger partial charge in [-0.2, -0.15) is 5.26 Å². The summed E-state index contributed by atoms with van der Waals surface area (Å²) in [5, 5.41) is 18.6. The molecule has 2 rings (SSSR count). The summed E-state index contributed by atoms with van der Waals surface area (Å²) < 4.78 is 1.96. The highest BCUT2D eigenvalue weighted by Crippen LogP contribution is 2.22. The molecule has 5 heteroatoms. The first-order valence-electron chi connectivity index (χ1n) is 6.94. The second kappa shape index (κ2) is 7.02. The normalized spacial score (nSPS) is 11.0. The third-order valence-corrected chi connectivity index (χ3v) is 3.45. The van der Waals surface area contributed by atoms with Gasteiger partial charge in [-0.1, -0.05) is 18.2 Å². The van der Waals surface area contributed by atoms with Crippen molar-refractivity contribution in [2.24, 2.45) is 0 Å². The number of carbonyl (C=O) groups is 1. The van der Waals surface area contributed by atoms with Gasteiger partial charge < -0.3 is 9.67 Å². The Morgan fingerprint density at radius 3 is 2.90 bits per heavy atom. The lowest BCUT2D eigenvalue weighted by Crippen LogP contribution is -2.28. The van der Waals surface area contributed by atoms with Crippen LogP contribution < -0.4 is 0 Å². The number of carbonyl (C=O) groups excluding carboxylic acids is 1. The van der Waals surface area contributed by atoms with Gasteiger partial charge in [-0.05, 0) is 13.1 Å². The molecule has 5 nitrogen and oxygen atoms in total. The van der Waals surface area contributed by atoms with E-state index in [9.17, 15) is 4.79 Å². The third-order valence-electron chi connectivity index (χ3n) is 3.45. The fraction of sp³-hybridized carbons (Fsp3) is 0.375. The van der Waals surface area contributed by atoms with E-state index in [0.717, 1.165) is 10.9 Å². The van der Waals surface area contributed by atoms with Crippen LogP contribution in [-0.4, -0.2) is 47.1 Å². The lowest BCUT2D eigenvalue weighted by atomic mass is 10.1. The second-order valence-corrected chi connectivity index (χ2v) is 5.05. The lowest BCUT2D eigenvalue weighted by Gasteiger charge is -2.13. The molecule has 0 atom stereocenters. The first-order chi connectivity index (χ1) is 10.2. The number of nitrogens with zero attached hydrogens (tertiary/aromatic N) is 3. The molecule has 0 amide bonds. The number of hydrogen-bond acceptors (Lipinski definition) is 4. The Morgan fingerprint density at radius 1 is 1.43 bits per heavy atom. The summed E-state index contributed by atoms with van der Waals surface area (Å²) in [6.45, 7) is 1.36. The summed E-state index contributed by atoms with van der Waals surface area (Å²) >= 11 is 0. The Hall–Kier alpha value is -2.16. The Balaban J connectivity index is 2.31.